The van der Waals surface area contributed by atoms with Gasteiger partial charge in [0.2, 0.25) is 0 Å². The molecule has 1 aliphatic rings. The number of ether oxygens (including phenoxy) is 2. The van der Waals surface area contributed by atoms with Crippen LogP contribution in [0.4, 0.5) is 17.6 Å². The first kappa shape index (κ1) is 27.0. The predicted molar refractivity (Wildman–Crippen MR) is 142 cm³/mol. The minimum absolute atomic E-state index is 0.148. The first-order valence-corrected chi connectivity index (χ1v) is 13.1. The van der Waals surface area contributed by atoms with Gasteiger partial charge in [-0.05, 0) is 71.6 Å². The normalized spacial score (nSPS) is 15.2. The van der Waals surface area contributed by atoms with Gasteiger partial charge in [0.15, 0.2) is 11.5 Å². The third-order valence-electron chi connectivity index (χ3n) is 6.70. The van der Waals surface area contributed by atoms with E-state index in [-0.39, 0.29) is 23.0 Å². The molecule has 0 aliphatic carbocycles. The van der Waals surface area contributed by atoms with Crippen molar-refractivity contribution in [3.63, 3.8) is 0 Å². The molecule has 0 spiro atoms. The molecule has 10 heteroatoms. The largest absolute Gasteiger partial charge is 0.493 e. The van der Waals surface area contributed by atoms with Crippen molar-refractivity contribution in [1.82, 2.24) is 4.90 Å². The van der Waals surface area contributed by atoms with Gasteiger partial charge < -0.3 is 14.4 Å². The highest BCUT2D eigenvalue weighted by molar-refractivity contribution is 7.17. The first-order valence-electron chi connectivity index (χ1n) is 11.9. The first-order chi connectivity index (χ1) is 18.6. The van der Waals surface area contributed by atoms with Crippen LogP contribution in [-0.2, 0) is 12.6 Å². The maximum absolute atomic E-state index is 15.3. The van der Waals surface area contributed by atoms with Gasteiger partial charge in [-0.1, -0.05) is 29.8 Å². The Morgan fingerprint density at radius 1 is 1.00 bits per heavy atom. The fraction of sp³-hybridized carbons (Fsp3) is 0.207. The average Bonchev–Trinajstić information content (AvgIpc) is 3.42. The van der Waals surface area contributed by atoms with Gasteiger partial charge in [0.05, 0.1) is 30.7 Å². The van der Waals surface area contributed by atoms with Crippen molar-refractivity contribution >= 4 is 28.8 Å². The Bertz CT molecular complexity index is 1530. The van der Waals surface area contributed by atoms with Crippen LogP contribution in [0.5, 0.6) is 11.5 Å². The van der Waals surface area contributed by atoms with E-state index in [2.05, 4.69) is 0 Å². The third kappa shape index (κ3) is 5.08. The van der Waals surface area contributed by atoms with Crippen LogP contribution in [0, 0.1) is 5.82 Å². The number of carbonyl (C=O) groups excluding carboxylic acids is 1. The van der Waals surface area contributed by atoms with Gasteiger partial charge in [-0.15, -0.1) is 11.3 Å². The summed E-state index contributed by atoms with van der Waals surface area (Å²) in [4.78, 5) is 16.3. The number of nitrogens with zero attached hydrogens (tertiary/aromatic N) is 1. The van der Waals surface area contributed by atoms with E-state index in [9.17, 15) is 18.0 Å². The van der Waals surface area contributed by atoms with Crippen LogP contribution in [0.1, 0.15) is 38.0 Å². The summed E-state index contributed by atoms with van der Waals surface area (Å²) in [6, 6.07) is 15.2. The number of hydrogen-bond donors (Lipinski definition) is 0. The molecule has 39 heavy (non-hydrogen) atoms. The van der Waals surface area contributed by atoms with E-state index < -0.39 is 23.6 Å². The lowest BCUT2D eigenvalue weighted by Crippen LogP contribution is -2.40. The van der Waals surface area contributed by atoms with Crippen LogP contribution in [0.25, 0.3) is 10.4 Å². The van der Waals surface area contributed by atoms with Crippen LogP contribution >= 0.6 is 22.9 Å². The van der Waals surface area contributed by atoms with E-state index >= 15 is 4.39 Å². The summed E-state index contributed by atoms with van der Waals surface area (Å²) in [7, 11) is 3.01. The minimum Gasteiger partial charge on any atom is -0.493 e. The highest BCUT2D eigenvalue weighted by Crippen LogP contribution is 2.44. The monoisotopic (exact) mass is 575 g/mol. The van der Waals surface area contributed by atoms with Gasteiger partial charge in [0.1, 0.15) is 5.82 Å². The lowest BCUT2D eigenvalue weighted by molar-refractivity contribution is -0.137. The number of alkyl halides is 3. The lowest BCUT2D eigenvalue weighted by atomic mass is 9.87. The zero-order valence-electron chi connectivity index (χ0n) is 20.8. The van der Waals surface area contributed by atoms with Crippen molar-refractivity contribution in [2.24, 2.45) is 0 Å². The summed E-state index contributed by atoms with van der Waals surface area (Å²) in [5.74, 6) is -0.0175. The van der Waals surface area contributed by atoms with E-state index in [4.69, 9.17) is 21.1 Å². The second-order valence-corrected chi connectivity index (χ2v) is 10.4. The number of halogens is 5. The molecule has 0 unspecified atom stereocenters. The average molecular weight is 576 g/mol. The smallest absolute Gasteiger partial charge is 0.416 e. The number of benzene rings is 3. The SMILES string of the molecule is COc1cc2c(cc1OC)[C@H](c1c(F)cccc1Cl)N(C(=O)c1ccc(-c3cccc(C(F)(F)F)c3)s1)CC2. The molecule has 202 valence electrons. The Balaban J connectivity index is 1.58. The van der Waals surface area contributed by atoms with Crippen molar-refractivity contribution in [3.8, 4) is 21.9 Å². The molecular formula is C29H22ClF4NO3S. The van der Waals surface area contributed by atoms with Crippen LogP contribution in [-0.4, -0.2) is 31.6 Å². The van der Waals surface area contributed by atoms with Crippen LogP contribution in [0.15, 0.2) is 66.7 Å². The van der Waals surface area contributed by atoms with Gasteiger partial charge in [-0.3, -0.25) is 4.79 Å². The summed E-state index contributed by atoms with van der Waals surface area (Å²) >= 11 is 7.57. The van der Waals surface area contributed by atoms with E-state index in [0.29, 0.717) is 38.8 Å². The summed E-state index contributed by atoms with van der Waals surface area (Å²) in [5.41, 5.74) is 1.23. The Hall–Kier alpha value is -3.56. The summed E-state index contributed by atoms with van der Waals surface area (Å²) in [5, 5.41) is 0.163. The molecule has 0 bridgehead atoms. The second kappa shape index (κ2) is 10.5. The van der Waals surface area contributed by atoms with Gasteiger partial charge in [-0.2, -0.15) is 13.2 Å². The molecule has 1 aromatic heterocycles. The molecule has 3 aromatic carbocycles. The standard InChI is InChI=1S/C29H22ClF4NO3S/c1-37-22-14-16-11-12-35(27(19(16)15-23(22)38-2)26-20(30)7-4-8-21(26)31)28(36)25-10-9-24(39-25)17-5-3-6-18(13-17)29(32,33)34/h3-10,13-15,27H,11-12H2,1-2H3/t27-/m1/s1. The molecule has 0 N–H and O–H groups in total. The van der Waals surface area contributed by atoms with Crippen molar-refractivity contribution in [1.29, 1.82) is 0 Å². The van der Waals surface area contributed by atoms with E-state index in [0.717, 1.165) is 29.0 Å². The predicted octanol–water partition coefficient (Wildman–Crippen LogP) is 8.03. The van der Waals surface area contributed by atoms with Gasteiger partial charge in [0.25, 0.3) is 5.91 Å². The van der Waals surface area contributed by atoms with Crippen LogP contribution < -0.4 is 9.47 Å². The van der Waals surface area contributed by atoms with E-state index in [1.54, 1.807) is 35.2 Å². The van der Waals surface area contributed by atoms with E-state index in [1.165, 1.54) is 32.4 Å². The molecule has 0 radical (unpaired) electrons. The second-order valence-electron chi connectivity index (χ2n) is 8.93. The highest BCUT2D eigenvalue weighted by Gasteiger charge is 2.37. The molecule has 4 aromatic rings. The fourth-order valence-electron chi connectivity index (χ4n) is 4.85. The molecule has 1 aliphatic heterocycles. The molecule has 0 fully saturated rings. The molecule has 0 saturated carbocycles. The summed E-state index contributed by atoms with van der Waals surface area (Å²) < 4.78 is 65.9. The number of fused-ring (bicyclic) bond motifs is 1. The molecule has 1 amide bonds. The quantitative estimate of drug-likeness (QED) is 0.226. The Kier molecular flexibility index (Phi) is 7.31. The zero-order chi connectivity index (χ0) is 27.9. The maximum atomic E-state index is 15.3. The minimum atomic E-state index is -4.48. The Labute approximate surface area is 231 Å². The van der Waals surface area contributed by atoms with Gasteiger partial charge in [0, 0.05) is 22.0 Å². The van der Waals surface area contributed by atoms with Crippen molar-refractivity contribution in [2.45, 2.75) is 18.6 Å². The van der Waals surface area contributed by atoms with Crippen molar-refractivity contribution < 1.29 is 31.8 Å². The number of methoxy groups -OCH3 is 2. The molecular weight excluding hydrogens is 554 g/mol. The number of hydrogen-bond acceptors (Lipinski definition) is 4. The Morgan fingerprint density at radius 2 is 1.72 bits per heavy atom. The molecule has 1 atom stereocenters. The zero-order valence-corrected chi connectivity index (χ0v) is 22.4. The molecule has 4 nitrogen and oxygen atoms in total. The molecule has 5 rings (SSSR count). The number of thiophene rings is 1. The summed E-state index contributed by atoms with van der Waals surface area (Å²) in [6.07, 6.45) is -4.01. The molecule has 0 saturated heterocycles. The van der Waals surface area contributed by atoms with Crippen molar-refractivity contribution in [3.05, 3.63) is 105 Å². The topological polar surface area (TPSA) is 38.8 Å². The Morgan fingerprint density at radius 3 is 2.41 bits per heavy atom. The van der Waals surface area contributed by atoms with Gasteiger partial charge in [-0.25, -0.2) is 4.39 Å². The highest BCUT2D eigenvalue weighted by atomic mass is 35.5. The number of amides is 1. The van der Waals surface area contributed by atoms with Crippen molar-refractivity contribution in [2.75, 3.05) is 20.8 Å². The van der Waals surface area contributed by atoms with Crippen LogP contribution in [0.3, 0.4) is 0 Å². The molecule has 2 heterocycles. The number of carbonyl (C=O) groups is 1. The number of rotatable bonds is 5. The van der Waals surface area contributed by atoms with Crippen LogP contribution in [0.2, 0.25) is 5.02 Å². The summed E-state index contributed by atoms with van der Waals surface area (Å²) in [6.45, 7) is 0.257. The third-order valence-corrected chi connectivity index (χ3v) is 8.15. The lowest BCUT2D eigenvalue weighted by Gasteiger charge is -2.38. The van der Waals surface area contributed by atoms with Gasteiger partial charge >= 0.3 is 6.18 Å². The fourth-order valence-corrected chi connectivity index (χ4v) is 6.07. The maximum Gasteiger partial charge on any atom is 0.416 e. The van der Waals surface area contributed by atoms with E-state index in [1.807, 2.05) is 6.07 Å².